The third kappa shape index (κ3) is 5.33. The molecule has 0 spiro atoms. The predicted molar refractivity (Wildman–Crippen MR) is 74.6 cm³/mol. The summed E-state index contributed by atoms with van der Waals surface area (Å²) in [5.74, 6) is 0.0242. The Kier molecular flexibility index (Phi) is 5.45. The van der Waals surface area contributed by atoms with E-state index in [2.05, 4.69) is 6.92 Å². The molecule has 6 heteroatoms. The van der Waals surface area contributed by atoms with Gasteiger partial charge in [-0.2, -0.15) is 18.1 Å². The van der Waals surface area contributed by atoms with Crippen molar-refractivity contribution in [2.45, 2.75) is 44.9 Å². The summed E-state index contributed by atoms with van der Waals surface area (Å²) in [6.07, 6.45) is 0.0694. The average molecular weight is 318 g/mol. The van der Waals surface area contributed by atoms with Crippen LogP contribution in [0.1, 0.15) is 38.2 Å². The third-order valence-corrected chi connectivity index (χ3v) is 3.67. The van der Waals surface area contributed by atoms with E-state index in [1.165, 1.54) is 12.1 Å². The third-order valence-electron chi connectivity index (χ3n) is 3.67. The summed E-state index contributed by atoms with van der Waals surface area (Å²) in [5, 5.41) is 0. The lowest BCUT2D eigenvalue weighted by molar-refractivity contribution is -0.252. The minimum absolute atomic E-state index is 0.00830. The number of hydrogen-bond acceptors (Lipinski definition) is 2. The summed E-state index contributed by atoms with van der Waals surface area (Å²) in [4.78, 5) is 10.3. The first-order chi connectivity index (χ1) is 10.3. The standard InChI is InChI=1S/C16H18F4O2/c1-11-2-5-13(6-3-11)21-22-14-7-4-12(15(17)10-14)8-9-16(18,19)20/h4,7-11,13H,2-3,5-6H2,1H3/b9-8+. The molecule has 1 aromatic carbocycles. The number of halogens is 4. The van der Waals surface area contributed by atoms with Gasteiger partial charge in [0.1, 0.15) is 11.9 Å². The largest absolute Gasteiger partial charge is 0.409 e. The van der Waals surface area contributed by atoms with Crippen molar-refractivity contribution in [2.75, 3.05) is 0 Å². The van der Waals surface area contributed by atoms with Crippen LogP contribution in [-0.2, 0) is 4.89 Å². The Hall–Kier alpha value is -1.56. The SMILES string of the molecule is CC1CCC(OOc2ccc(/C=C/C(F)(F)F)c(F)c2)CC1. The summed E-state index contributed by atoms with van der Waals surface area (Å²) >= 11 is 0. The summed E-state index contributed by atoms with van der Waals surface area (Å²) in [5.41, 5.74) is -0.156. The van der Waals surface area contributed by atoms with Gasteiger partial charge >= 0.3 is 6.18 Å². The Bertz CT molecular complexity index is 517. The molecule has 1 saturated carbocycles. The van der Waals surface area contributed by atoms with Crippen molar-refractivity contribution < 1.29 is 27.3 Å². The van der Waals surface area contributed by atoms with Gasteiger partial charge in [0.05, 0.1) is 0 Å². The van der Waals surface area contributed by atoms with Crippen LogP contribution in [0.15, 0.2) is 24.3 Å². The summed E-state index contributed by atoms with van der Waals surface area (Å²) in [7, 11) is 0. The maximum atomic E-state index is 13.7. The predicted octanol–water partition coefficient (Wildman–Crippen LogP) is 5.29. The molecule has 0 heterocycles. The van der Waals surface area contributed by atoms with Crippen LogP contribution >= 0.6 is 0 Å². The lowest BCUT2D eigenvalue weighted by Crippen LogP contribution is -2.21. The van der Waals surface area contributed by atoms with Crippen molar-refractivity contribution in [1.82, 2.24) is 0 Å². The van der Waals surface area contributed by atoms with Gasteiger partial charge in [0.2, 0.25) is 0 Å². The molecule has 0 radical (unpaired) electrons. The van der Waals surface area contributed by atoms with E-state index in [4.69, 9.17) is 9.78 Å². The van der Waals surface area contributed by atoms with Gasteiger partial charge in [-0.3, -0.25) is 0 Å². The average Bonchev–Trinajstić information content (AvgIpc) is 2.45. The van der Waals surface area contributed by atoms with Gasteiger partial charge in [0.25, 0.3) is 0 Å². The Labute approximate surface area is 126 Å². The van der Waals surface area contributed by atoms with Crippen LogP contribution in [0.2, 0.25) is 0 Å². The minimum Gasteiger partial charge on any atom is -0.337 e. The van der Waals surface area contributed by atoms with Gasteiger partial charge in [-0.25, -0.2) is 4.39 Å². The fourth-order valence-electron chi connectivity index (χ4n) is 2.33. The Morgan fingerprint density at radius 2 is 1.82 bits per heavy atom. The molecule has 0 N–H and O–H groups in total. The van der Waals surface area contributed by atoms with Gasteiger partial charge in [0.15, 0.2) is 5.75 Å². The monoisotopic (exact) mass is 318 g/mol. The first kappa shape index (κ1) is 16.8. The van der Waals surface area contributed by atoms with Crippen LogP contribution in [-0.4, -0.2) is 12.3 Å². The van der Waals surface area contributed by atoms with Gasteiger partial charge < -0.3 is 4.89 Å². The highest BCUT2D eigenvalue weighted by Gasteiger charge is 2.22. The Balaban J connectivity index is 1.90. The van der Waals surface area contributed by atoms with E-state index in [0.29, 0.717) is 12.0 Å². The Morgan fingerprint density at radius 1 is 1.14 bits per heavy atom. The molecular weight excluding hydrogens is 300 g/mol. The van der Waals surface area contributed by atoms with E-state index in [0.717, 1.165) is 31.7 Å². The fourth-order valence-corrected chi connectivity index (χ4v) is 2.33. The Morgan fingerprint density at radius 3 is 2.41 bits per heavy atom. The highest BCUT2D eigenvalue weighted by molar-refractivity contribution is 5.52. The van der Waals surface area contributed by atoms with Crippen molar-refractivity contribution in [1.29, 1.82) is 0 Å². The van der Waals surface area contributed by atoms with Gasteiger partial charge in [0, 0.05) is 17.7 Å². The van der Waals surface area contributed by atoms with Crippen molar-refractivity contribution in [2.24, 2.45) is 5.92 Å². The number of hydrogen-bond donors (Lipinski definition) is 0. The molecule has 1 aliphatic rings. The van der Waals surface area contributed by atoms with Crippen LogP contribution < -0.4 is 4.89 Å². The van der Waals surface area contributed by atoms with Crippen molar-refractivity contribution >= 4 is 6.08 Å². The first-order valence-electron chi connectivity index (χ1n) is 7.22. The van der Waals surface area contributed by atoms with E-state index >= 15 is 0 Å². The zero-order valence-corrected chi connectivity index (χ0v) is 12.2. The molecular formula is C16H18F4O2. The normalized spacial score (nSPS) is 23.0. The molecule has 1 fully saturated rings. The minimum atomic E-state index is -4.47. The molecule has 0 aliphatic heterocycles. The van der Waals surface area contributed by atoms with Crippen molar-refractivity contribution in [3.63, 3.8) is 0 Å². The number of allylic oxidation sites excluding steroid dienone is 1. The molecule has 0 aromatic heterocycles. The summed E-state index contributed by atoms with van der Waals surface area (Å²) < 4.78 is 49.8. The number of alkyl halides is 3. The molecule has 1 aromatic rings. The lowest BCUT2D eigenvalue weighted by atomic mass is 9.89. The first-order valence-corrected chi connectivity index (χ1v) is 7.22. The number of rotatable bonds is 4. The van der Waals surface area contributed by atoms with E-state index in [9.17, 15) is 17.6 Å². The number of benzene rings is 1. The van der Waals surface area contributed by atoms with Crippen LogP contribution in [0.5, 0.6) is 5.75 Å². The zero-order valence-electron chi connectivity index (χ0n) is 12.2. The molecule has 0 bridgehead atoms. The molecule has 2 nitrogen and oxygen atoms in total. The van der Waals surface area contributed by atoms with Crippen molar-refractivity contribution in [3.8, 4) is 5.75 Å². The smallest absolute Gasteiger partial charge is 0.337 e. The van der Waals surface area contributed by atoms with Gasteiger partial charge in [-0.15, -0.1) is 0 Å². The second-order valence-corrected chi connectivity index (χ2v) is 5.62. The van der Waals surface area contributed by atoms with E-state index in [-0.39, 0.29) is 23.5 Å². The molecule has 122 valence electrons. The van der Waals surface area contributed by atoms with E-state index in [1.807, 2.05) is 0 Å². The maximum Gasteiger partial charge on any atom is 0.409 e. The molecule has 1 aliphatic carbocycles. The lowest BCUT2D eigenvalue weighted by Gasteiger charge is -2.24. The highest BCUT2D eigenvalue weighted by atomic mass is 19.4. The molecule has 2 rings (SSSR count). The van der Waals surface area contributed by atoms with E-state index < -0.39 is 12.0 Å². The maximum absolute atomic E-state index is 13.7. The summed E-state index contributed by atoms with van der Waals surface area (Å²) in [6, 6.07) is 3.62. The fraction of sp³-hybridized carbons (Fsp3) is 0.500. The highest BCUT2D eigenvalue weighted by Crippen LogP contribution is 2.27. The van der Waals surface area contributed by atoms with Gasteiger partial charge in [-0.1, -0.05) is 6.92 Å². The topological polar surface area (TPSA) is 18.5 Å². The van der Waals surface area contributed by atoms with Gasteiger partial charge in [-0.05, 0) is 49.8 Å². The van der Waals surface area contributed by atoms with Crippen LogP contribution in [0.25, 0.3) is 6.08 Å². The van der Waals surface area contributed by atoms with Crippen molar-refractivity contribution in [3.05, 3.63) is 35.7 Å². The molecule has 0 atom stereocenters. The molecule has 0 amide bonds. The van der Waals surface area contributed by atoms with Crippen LogP contribution in [0.3, 0.4) is 0 Å². The second kappa shape index (κ2) is 7.13. The second-order valence-electron chi connectivity index (χ2n) is 5.62. The molecule has 0 saturated heterocycles. The van der Waals surface area contributed by atoms with E-state index in [1.54, 1.807) is 0 Å². The van der Waals surface area contributed by atoms with Crippen LogP contribution in [0, 0.1) is 11.7 Å². The van der Waals surface area contributed by atoms with Crippen LogP contribution in [0.4, 0.5) is 17.6 Å². The zero-order chi connectivity index (χ0) is 16.2. The molecule has 22 heavy (non-hydrogen) atoms. The quantitative estimate of drug-likeness (QED) is 0.426. The molecule has 0 unspecified atom stereocenters. The summed E-state index contributed by atoms with van der Waals surface area (Å²) in [6.45, 7) is 2.18.